The molecule has 0 radical (unpaired) electrons. The number of H-pyrrole nitrogens is 1. The van der Waals surface area contributed by atoms with Gasteiger partial charge in [0, 0.05) is 24.7 Å². The lowest BCUT2D eigenvalue weighted by atomic mass is 9.84. The minimum atomic E-state index is -0.736. The fraction of sp³-hybridized carbons (Fsp3) is 0.476. The van der Waals surface area contributed by atoms with Crippen LogP contribution in [0.4, 0.5) is 0 Å². The molecule has 3 heterocycles. The van der Waals surface area contributed by atoms with Gasteiger partial charge >= 0.3 is 0 Å². The van der Waals surface area contributed by atoms with E-state index in [1.54, 1.807) is 29.2 Å². The van der Waals surface area contributed by atoms with Crippen LogP contribution in [0, 0.1) is 0 Å². The number of phenolic OH excluding ortho intramolecular Hbond substituents is 1. The lowest BCUT2D eigenvalue weighted by Gasteiger charge is -2.45. The third-order valence-corrected chi connectivity index (χ3v) is 5.99. The molecule has 1 spiro atoms. The molecule has 2 fully saturated rings. The highest BCUT2D eigenvalue weighted by atomic mass is 16.3. The Morgan fingerprint density at radius 1 is 1.21 bits per heavy atom. The van der Waals surface area contributed by atoms with Crippen LogP contribution in [0.1, 0.15) is 50.0 Å². The van der Waals surface area contributed by atoms with Crippen molar-refractivity contribution in [2.45, 2.75) is 51.1 Å². The topological polar surface area (TPSA) is 89.5 Å². The smallest absolute Gasteiger partial charge is 0.272 e. The quantitative estimate of drug-likeness (QED) is 0.854. The molecule has 7 heteroatoms. The van der Waals surface area contributed by atoms with E-state index in [9.17, 15) is 14.7 Å². The van der Waals surface area contributed by atoms with Crippen LogP contribution in [0.15, 0.2) is 30.3 Å². The summed E-state index contributed by atoms with van der Waals surface area (Å²) in [5.74, 6) is -0.0219. The summed E-state index contributed by atoms with van der Waals surface area (Å²) in [6, 6.07) is 8.66. The van der Waals surface area contributed by atoms with Gasteiger partial charge in [0.1, 0.15) is 17.0 Å². The molecule has 4 rings (SSSR count). The third-order valence-electron chi connectivity index (χ3n) is 5.99. The van der Waals surface area contributed by atoms with Crippen molar-refractivity contribution in [3.63, 3.8) is 0 Å². The first-order valence-corrected chi connectivity index (χ1v) is 9.91. The monoisotopic (exact) mass is 382 g/mol. The van der Waals surface area contributed by atoms with E-state index in [2.05, 4.69) is 10.2 Å². The Bertz CT molecular complexity index is 907. The van der Waals surface area contributed by atoms with E-state index < -0.39 is 5.54 Å². The number of para-hydroxylation sites is 1. The van der Waals surface area contributed by atoms with Crippen molar-refractivity contribution >= 4 is 11.8 Å². The summed E-state index contributed by atoms with van der Waals surface area (Å²) in [5.41, 5.74) is 0.677. The van der Waals surface area contributed by atoms with E-state index in [0.29, 0.717) is 36.3 Å². The van der Waals surface area contributed by atoms with E-state index in [-0.39, 0.29) is 23.6 Å². The minimum Gasteiger partial charge on any atom is -0.507 e. The summed E-state index contributed by atoms with van der Waals surface area (Å²) < 4.78 is 0. The maximum atomic E-state index is 13.3. The van der Waals surface area contributed by atoms with Crippen molar-refractivity contribution in [3.05, 3.63) is 36.0 Å². The standard InChI is InChI=1S/C21H26N4O3/c1-14(2)24-11-5-9-21(20(24)28)10-6-12-25(21)19(27)17-13-16(22-23-17)15-7-3-4-8-18(15)26/h3-4,7-8,13-14,26H,5-6,9-12H2,1-2H3,(H,22,23). The van der Waals surface area contributed by atoms with Crippen LogP contribution < -0.4 is 0 Å². The van der Waals surface area contributed by atoms with E-state index in [4.69, 9.17) is 0 Å². The second kappa shape index (κ2) is 6.96. The second-order valence-corrected chi connectivity index (χ2v) is 7.97. The molecular formula is C21H26N4O3. The number of aromatic amines is 1. The van der Waals surface area contributed by atoms with Crippen molar-refractivity contribution in [1.82, 2.24) is 20.0 Å². The van der Waals surface area contributed by atoms with E-state index in [1.165, 1.54) is 0 Å². The van der Waals surface area contributed by atoms with Crippen LogP contribution in [0.3, 0.4) is 0 Å². The van der Waals surface area contributed by atoms with Gasteiger partial charge in [0.25, 0.3) is 5.91 Å². The van der Waals surface area contributed by atoms with Gasteiger partial charge < -0.3 is 14.9 Å². The van der Waals surface area contributed by atoms with Gasteiger partial charge in [-0.2, -0.15) is 5.10 Å². The number of benzene rings is 1. The van der Waals surface area contributed by atoms with Gasteiger partial charge in [0.2, 0.25) is 5.91 Å². The minimum absolute atomic E-state index is 0.0695. The molecular weight excluding hydrogens is 356 g/mol. The Balaban J connectivity index is 1.63. The maximum absolute atomic E-state index is 13.3. The number of piperidine rings is 1. The molecule has 148 valence electrons. The van der Waals surface area contributed by atoms with Gasteiger partial charge in [0.05, 0.1) is 5.69 Å². The molecule has 1 aromatic heterocycles. The van der Waals surface area contributed by atoms with E-state index in [0.717, 1.165) is 19.4 Å². The number of aromatic hydroxyl groups is 1. The summed E-state index contributed by atoms with van der Waals surface area (Å²) in [4.78, 5) is 30.2. The number of nitrogens with one attached hydrogen (secondary N) is 1. The fourth-order valence-electron chi connectivity index (χ4n) is 4.57. The van der Waals surface area contributed by atoms with Crippen molar-refractivity contribution in [2.24, 2.45) is 0 Å². The molecule has 1 atom stereocenters. The molecule has 0 aliphatic carbocycles. The van der Waals surface area contributed by atoms with Crippen molar-refractivity contribution < 1.29 is 14.7 Å². The molecule has 0 bridgehead atoms. The Morgan fingerprint density at radius 2 is 1.93 bits per heavy atom. The molecule has 7 nitrogen and oxygen atoms in total. The molecule has 2 aliphatic heterocycles. The second-order valence-electron chi connectivity index (χ2n) is 7.97. The van der Waals surface area contributed by atoms with Crippen molar-refractivity contribution in [3.8, 4) is 17.0 Å². The molecule has 2 aromatic rings. The highest BCUT2D eigenvalue weighted by molar-refractivity contribution is 5.99. The first-order chi connectivity index (χ1) is 13.4. The van der Waals surface area contributed by atoms with Gasteiger partial charge in [-0.15, -0.1) is 0 Å². The number of amides is 2. The molecule has 0 saturated carbocycles. The van der Waals surface area contributed by atoms with Gasteiger partial charge in [-0.25, -0.2) is 0 Å². The zero-order valence-electron chi connectivity index (χ0n) is 16.3. The Hall–Kier alpha value is -2.83. The van der Waals surface area contributed by atoms with Crippen molar-refractivity contribution in [1.29, 1.82) is 0 Å². The average Bonchev–Trinajstić information content (AvgIpc) is 3.32. The summed E-state index contributed by atoms with van der Waals surface area (Å²) in [6.45, 7) is 5.36. The number of carbonyl (C=O) groups excluding carboxylic acids is 2. The Morgan fingerprint density at radius 3 is 2.64 bits per heavy atom. The average molecular weight is 382 g/mol. The van der Waals surface area contributed by atoms with Gasteiger partial charge in [-0.05, 0) is 57.7 Å². The number of nitrogens with zero attached hydrogens (tertiary/aromatic N) is 3. The van der Waals surface area contributed by atoms with E-state index >= 15 is 0 Å². The Kier molecular flexibility index (Phi) is 4.61. The van der Waals surface area contributed by atoms with Gasteiger partial charge in [-0.3, -0.25) is 14.7 Å². The molecule has 28 heavy (non-hydrogen) atoms. The zero-order valence-corrected chi connectivity index (χ0v) is 16.3. The molecule has 2 amide bonds. The van der Waals surface area contributed by atoms with Gasteiger partial charge in [0.15, 0.2) is 0 Å². The zero-order chi connectivity index (χ0) is 19.9. The normalized spacial score (nSPS) is 22.5. The number of carbonyl (C=O) groups is 2. The van der Waals surface area contributed by atoms with Crippen molar-refractivity contribution in [2.75, 3.05) is 13.1 Å². The summed E-state index contributed by atoms with van der Waals surface area (Å²) >= 11 is 0. The summed E-state index contributed by atoms with van der Waals surface area (Å²) in [6.07, 6.45) is 3.15. The van der Waals surface area contributed by atoms with Crippen LogP contribution in [0.25, 0.3) is 11.3 Å². The summed E-state index contributed by atoms with van der Waals surface area (Å²) in [7, 11) is 0. The molecule has 2 saturated heterocycles. The SMILES string of the molecule is CC(C)N1CCCC2(CCCN2C(=O)c2cc(-c3ccccc3O)n[nH]2)C1=O. The third kappa shape index (κ3) is 2.85. The highest BCUT2D eigenvalue weighted by Gasteiger charge is 2.53. The fourth-order valence-corrected chi connectivity index (χ4v) is 4.57. The summed E-state index contributed by atoms with van der Waals surface area (Å²) in [5, 5.41) is 17.0. The number of likely N-dealkylation sites (tertiary alicyclic amines) is 2. The van der Waals surface area contributed by atoms with Crippen LogP contribution in [-0.2, 0) is 4.79 Å². The highest BCUT2D eigenvalue weighted by Crippen LogP contribution is 2.40. The maximum Gasteiger partial charge on any atom is 0.272 e. The number of hydrogen-bond acceptors (Lipinski definition) is 4. The number of hydrogen-bond donors (Lipinski definition) is 2. The Labute approximate surface area is 164 Å². The lowest BCUT2D eigenvalue weighted by Crippen LogP contribution is -2.62. The molecule has 1 unspecified atom stereocenters. The molecule has 2 aliphatic rings. The van der Waals surface area contributed by atoms with Gasteiger partial charge in [-0.1, -0.05) is 12.1 Å². The van der Waals surface area contributed by atoms with Crippen LogP contribution >= 0.6 is 0 Å². The number of phenols is 1. The van der Waals surface area contributed by atoms with Crippen LogP contribution in [0.2, 0.25) is 0 Å². The first-order valence-electron chi connectivity index (χ1n) is 9.91. The lowest BCUT2D eigenvalue weighted by molar-refractivity contribution is -0.147. The predicted octanol–water partition coefficient (Wildman–Crippen LogP) is 2.79. The molecule has 1 aromatic carbocycles. The van der Waals surface area contributed by atoms with Crippen LogP contribution in [-0.4, -0.2) is 61.6 Å². The largest absolute Gasteiger partial charge is 0.507 e. The molecule has 2 N–H and O–H groups in total. The number of aromatic nitrogens is 2. The van der Waals surface area contributed by atoms with Crippen LogP contribution in [0.5, 0.6) is 5.75 Å². The predicted molar refractivity (Wildman–Crippen MR) is 105 cm³/mol. The van der Waals surface area contributed by atoms with E-state index in [1.807, 2.05) is 24.8 Å². The number of rotatable bonds is 3. The first kappa shape index (κ1) is 18.5.